The first-order valence-corrected chi connectivity index (χ1v) is 7.63. The molecule has 1 rings (SSSR count). The van der Waals surface area contributed by atoms with Crippen LogP contribution in [0.1, 0.15) is 39.7 Å². The summed E-state index contributed by atoms with van der Waals surface area (Å²) >= 11 is 0. The van der Waals surface area contributed by atoms with Gasteiger partial charge in [-0.25, -0.2) is 0 Å². The Labute approximate surface area is 147 Å². The molecule has 1 aromatic rings. The summed E-state index contributed by atoms with van der Waals surface area (Å²) in [5.74, 6) is -11.6. The summed E-state index contributed by atoms with van der Waals surface area (Å²) in [6, 6.07) is 5.62. The zero-order valence-electron chi connectivity index (χ0n) is 15.0. The number of benzene rings is 1. The van der Waals surface area contributed by atoms with Crippen LogP contribution in [0.25, 0.3) is 0 Å². The molecule has 1 aromatic carbocycles. The van der Waals surface area contributed by atoms with Crippen LogP contribution in [0, 0.1) is 0 Å². The zero-order valence-corrected chi connectivity index (χ0v) is 15.0. The Bertz CT molecular complexity index is 620. The number of methoxy groups -OCH3 is 1. The van der Waals surface area contributed by atoms with Crippen LogP contribution >= 0.6 is 0 Å². The molecule has 0 amide bonds. The van der Waals surface area contributed by atoms with E-state index in [2.05, 4.69) is 0 Å². The number of rotatable bonds is 6. The van der Waals surface area contributed by atoms with Gasteiger partial charge in [-0.15, -0.1) is 0 Å². The molecule has 0 aliphatic carbocycles. The van der Waals surface area contributed by atoms with Crippen molar-refractivity contribution in [1.29, 1.82) is 0 Å². The summed E-state index contributed by atoms with van der Waals surface area (Å²) < 4.78 is 102. The van der Waals surface area contributed by atoms with Gasteiger partial charge in [0.1, 0.15) is 11.4 Å². The van der Waals surface area contributed by atoms with Crippen molar-refractivity contribution in [1.82, 2.24) is 0 Å². The second-order valence-corrected chi connectivity index (χ2v) is 7.10. The van der Waals surface area contributed by atoms with Gasteiger partial charge < -0.3 is 9.47 Å². The molecule has 0 aliphatic heterocycles. The van der Waals surface area contributed by atoms with Crippen LogP contribution in [0.4, 0.5) is 30.7 Å². The highest BCUT2D eigenvalue weighted by Crippen LogP contribution is 2.52. The van der Waals surface area contributed by atoms with Crippen molar-refractivity contribution in [3.8, 4) is 5.75 Å². The van der Waals surface area contributed by atoms with Crippen LogP contribution in [0.2, 0.25) is 0 Å². The molecular weight excluding hydrogens is 369 g/mol. The largest absolute Gasteiger partial charge is 0.488 e. The number of hydrogen-bond donors (Lipinski definition) is 0. The molecule has 0 spiro atoms. The highest BCUT2D eigenvalue weighted by Gasteiger charge is 2.73. The van der Waals surface area contributed by atoms with Crippen molar-refractivity contribution in [2.24, 2.45) is 0 Å². The van der Waals surface area contributed by atoms with Crippen molar-refractivity contribution >= 4 is 0 Å². The van der Waals surface area contributed by atoms with E-state index in [0.29, 0.717) is 0 Å². The predicted octanol–water partition coefficient (Wildman–Crippen LogP) is 5.95. The van der Waals surface area contributed by atoms with Crippen molar-refractivity contribution in [3.63, 3.8) is 0 Å². The lowest BCUT2D eigenvalue weighted by molar-refractivity contribution is -0.362. The van der Waals surface area contributed by atoms with Crippen LogP contribution < -0.4 is 4.74 Å². The summed E-state index contributed by atoms with van der Waals surface area (Å²) in [6.45, 7) is 6.01. The summed E-state index contributed by atoms with van der Waals surface area (Å²) in [7, 11) is 0.954. The first kappa shape index (κ1) is 22.5. The molecule has 26 heavy (non-hydrogen) atoms. The van der Waals surface area contributed by atoms with Gasteiger partial charge in [0.15, 0.2) is 0 Å². The average molecular weight is 390 g/mol. The number of para-hydroxylation sites is 1. The van der Waals surface area contributed by atoms with E-state index in [0.717, 1.165) is 14.0 Å². The van der Waals surface area contributed by atoms with E-state index in [1.54, 1.807) is 20.8 Å². The third-order valence-corrected chi connectivity index (χ3v) is 3.70. The fraction of sp³-hybridized carbons (Fsp3) is 0.647. The van der Waals surface area contributed by atoms with Crippen molar-refractivity contribution < 1.29 is 40.2 Å². The van der Waals surface area contributed by atoms with E-state index in [4.69, 9.17) is 9.47 Å². The fourth-order valence-corrected chi connectivity index (χ4v) is 2.34. The van der Waals surface area contributed by atoms with Gasteiger partial charge in [-0.1, -0.05) is 18.2 Å². The van der Waals surface area contributed by atoms with E-state index in [-0.39, 0.29) is 11.3 Å². The van der Waals surface area contributed by atoms with Crippen LogP contribution in [0.15, 0.2) is 24.3 Å². The molecule has 9 heteroatoms. The molecule has 0 radical (unpaired) electrons. The lowest BCUT2D eigenvalue weighted by atomic mass is 9.86. The lowest BCUT2D eigenvalue weighted by Crippen LogP contribution is -2.54. The van der Waals surface area contributed by atoms with E-state index in [1.165, 1.54) is 24.3 Å². The first-order chi connectivity index (χ1) is 11.5. The second-order valence-electron chi connectivity index (χ2n) is 7.10. The molecule has 0 saturated carbocycles. The molecule has 1 unspecified atom stereocenters. The smallest absolute Gasteiger partial charge is 0.459 e. The third kappa shape index (κ3) is 4.61. The van der Waals surface area contributed by atoms with Crippen molar-refractivity contribution in [2.75, 3.05) is 7.11 Å². The summed E-state index contributed by atoms with van der Waals surface area (Å²) in [4.78, 5) is 0. The molecule has 1 atom stereocenters. The lowest BCUT2D eigenvalue weighted by Gasteiger charge is -2.37. The molecule has 0 fully saturated rings. The Morgan fingerprint density at radius 1 is 0.846 bits per heavy atom. The normalized spacial score (nSPS) is 16.3. The first-order valence-electron chi connectivity index (χ1n) is 7.63. The number of ether oxygens (including phenoxy) is 2. The van der Waals surface area contributed by atoms with E-state index >= 15 is 0 Å². The number of halogens is 7. The van der Waals surface area contributed by atoms with Gasteiger partial charge in [0.05, 0.1) is 12.0 Å². The molecule has 0 heterocycles. The fourth-order valence-electron chi connectivity index (χ4n) is 2.34. The van der Waals surface area contributed by atoms with Crippen LogP contribution in [-0.4, -0.2) is 30.7 Å². The minimum atomic E-state index is -6.40. The highest BCUT2D eigenvalue weighted by molar-refractivity contribution is 5.38. The van der Waals surface area contributed by atoms with Gasteiger partial charge in [0.25, 0.3) is 0 Å². The average Bonchev–Trinajstić information content (AvgIpc) is 2.44. The van der Waals surface area contributed by atoms with E-state index in [9.17, 15) is 30.7 Å². The molecule has 0 bridgehead atoms. The van der Waals surface area contributed by atoms with E-state index in [1.807, 2.05) is 0 Å². The zero-order chi connectivity index (χ0) is 20.6. The number of hydrogen-bond acceptors (Lipinski definition) is 2. The second kappa shape index (κ2) is 6.90. The van der Waals surface area contributed by atoms with Gasteiger partial charge >= 0.3 is 18.0 Å². The van der Waals surface area contributed by atoms with Gasteiger partial charge in [0.2, 0.25) is 0 Å². The van der Waals surface area contributed by atoms with Crippen molar-refractivity contribution in [2.45, 2.75) is 63.3 Å². The van der Waals surface area contributed by atoms with E-state index < -0.39 is 35.6 Å². The Hall–Kier alpha value is -1.51. The third-order valence-electron chi connectivity index (χ3n) is 3.70. The summed E-state index contributed by atoms with van der Waals surface area (Å²) in [5, 5.41) is 0. The van der Waals surface area contributed by atoms with Gasteiger partial charge in [-0.2, -0.15) is 30.7 Å². The molecule has 0 saturated heterocycles. The Morgan fingerprint density at radius 2 is 1.35 bits per heavy atom. The standard InChI is InChI=1S/C17H21F7O2/c1-13(2,3)26-12-9-7-6-8-11(12)14(4,25-5)10-15(18,19)16(20,21)17(22,23)24/h6-9H,10H2,1-5H3. The summed E-state index contributed by atoms with van der Waals surface area (Å²) in [6.07, 6.45) is -8.29. The molecular formula is C17H21F7O2. The SMILES string of the molecule is COC(C)(CC(F)(F)C(F)(F)C(F)(F)F)c1ccccc1OC(C)(C)C. The minimum Gasteiger partial charge on any atom is -0.488 e. The molecule has 0 aromatic heterocycles. The molecule has 2 nitrogen and oxygen atoms in total. The Balaban J connectivity index is 3.37. The maximum absolute atomic E-state index is 13.9. The number of alkyl halides is 7. The maximum Gasteiger partial charge on any atom is 0.459 e. The van der Waals surface area contributed by atoms with Crippen molar-refractivity contribution in [3.05, 3.63) is 29.8 Å². The summed E-state index contributed by atoms with van der Waals surface area (Å²) in [5.41, 5.74) is -2.97. The Kier molecular flexibility index (Phi) is 5.98. The van der Waals surface area contributed by atoms with Crippen LogP contribution in [0.5, 0.6) is 5.75 Å². The molecule has 0 aliphatic rings. The monoisotopic (exact) mass is 390 g/mol. The quantitative estimate of drug-likeness (QED) is 0.559. The predicted molar refractivity (Wildman–Crippen MR) is 81.8 cm³/mol. The van der Waals surface area contributed by atoms with Gasteiger partial charge in [-0.05, 0) is 33.8 Å². The minimum absolute atomic E-state index is 0.0514. The Morgan fingerprint density at radius 3 is 1.77 bits per heavy atom. The maximum atomic E-state index is 13.9. The van der Waals surface area contributed by atoms with Gasteiger partial charge in [-0.3, -0.25) is 0 Å². The highest BCUT2D eigenvalue weighted by atomic mass is 19.4. The molecule has 150 valence electrons. The van der Waals surface area contributed by atoms with Crippen LogP contribution in [-0.2, 0) is 10.3 Å². The molecule has 0 N–H and O–H groups in total. The topological polar surface area (TPSA) is 18.5 Å². The van der Waals surface area contributed by atoms with Crippen LogP contribution in [0.3, 0.4) is 0 Å². The van der Waals surface area contributed by atoms with Gasteiger partial charge in [0, 0.05) is 12.7 Å².